The molecule has 6 nitrogen and oxygen atoms in total. The number of allylic oxidation sites excluding steroid dienone is 2. The van der Waals surface area contributed by atoms with Crippen molar-refractivity contribution in [3.63, 3.8) is 0 Å². The molecule has 0 radical (unpaired) electrons. The zero-order valence-electron chi connectivity index (χ0n) is 19.5. The summed E-state index contributed by atoms with van der Waals surface area (Å²) in [5.41, 5.74) is 3.13. The Balaban J connectivity index is 1.63. The smallest absolute Gasteiger partial charge is 0.328 e. The van der Waals surface area contributed by atoms with Crippen LogP contribution in [0.15, 0.2) is 54.2 Å². The fourth-order valence-electron chi connectivity index (χ4n) is 5.05. The van der Waals surface area contributed by atoms with Crippen molar-refractivity contribution in [2.24, 2.45) is 5.41 Å². The minimum atomic E-state index is -0.620. The minimum absolute atomic E-state index is 0.170. The number of ketones is 1. The number of benzene rings is 2. The highest BCUT2D eigenvalue weighted by atomic mass is 16.5. The van der Waals surface area contributed by atoms with E-state index in [1.165, 1.54) is 7.11 Å². The van der Waals surface area contributed by atoms with E-state index in [9.17, 15) is 9.59 Å². The van der Waals surface area contributed by atoms with Gasteiger partial charge in [0, 0.05) is 18.2 Å². The third-order valence-electron chi connectivity index (χ3n) is 6.85. The van der Waals surface area contributed by atoms with Crippen molar-refractivity contribution in [1.82, 2.24) is 5.32 Å². The number of methoxy groups -OCH3 is 3. The van der Waals surface area contributed by atoms with E-state index in [-0.39, 0.29) is 11.8 Å². The highest BCUT2D eigenvalue weighted by molar-refractivity contribution is 6.05. The van der Waals surface area contributed by atoms with Gasteiger partial charge in [0.15, 0.2) is 5.78 Å². The molecule has 0 aromatic heterocycles. The predicted molar refractivity (Wildman–Crippen MR) is 126 cm³/mol. The Morgan fingerprint density at radius 1 is 1.00 bits per heavy atom. The molecule has 1 saturated carbocycles. The molecular formula is C27H31NO5. The Labute approximate surface area is 194 Å². The van der Waals surface area contributed by atoms with Crippen LogP contribution < -0.4 is 14.8 Å². The topological polar surface area (TPSA) is 73.9 Å². The summed E-state index contributed by atoms with van der Waals surface area (Å²) in [7, 11) is 4.63. The van der Waals surface area contributed by atoms with Gasteiger partial charge >= 0.3 is 5.97 Å². The summed E-state index contributed by atoms with van der Waals surface area (Å²) in [4.78, 5) is 25.2. The van der Waals surface area contributed by atoms with Gasteiger partial charge in [-0.15, -0.1) is 0 Å². The van der Waals surface area contributed by atoms with E-state index >= 15 is 0 Å². The van der Waals surface area contributed by atoms with Crippen molar-refractivity contribution < 1.29 is 23.8 Å². The number of hydrogen-bond donors (Lipinski definition) is 1. The average molecular weight is 450 g/mol. The van der Waals surface area contributed by atoms with Crippen molar-refractivity contribution in [2.75, 3.05) is 21.3 Å². The number of rotatable bonds is 8. The van der Waals surface area contributed by atoms with Crippen molar-refractivity contribution in [3.05, 3.63) is 59.8 Å². The first kappa shape index (κ1) is 22.9. The summed E-state index contributed by atoms with van der Waals surface area (Å²) in [5, 5.41) is 3.35. The number of carbonyl (C=O) groups excluding carboxylic acids is 2. The summed E-state index contributed by atoms with van der Waals surface area (Å²) in [6.07, 6.45) is 6.90. The molecule has 0 heterocycles. The van der Waals surface area contributed by atoms with Crippen LogP contribution in [0.1, 0.15) is 37.7 Å². The molecule has 1 atom stereocenters. The van der Waals surface area contributed by atoms with E-state index in [4.69, 9.17) is 14.2 Å². The van der Waals surface area contributed by atoms with Crippen molar-refractivity contribution in [1.29, 1.82) is 0 Å². The second-order valence-corrected chi connectivity index (χ2v) is 8.73. The summed E-state index contributed by atoms with van der Waals surface area (Å²) in [6.45, 7) is 0. The Kier molecular flexibility index (Phi) is 6.72. The maximum atomic E-state index is 12.7. The van der Waals surface area contributed by atoms with Crippen molar-refractivity contribution >= 4 is 11.8 Å². The third-order valence-corrected chi connectivity index (χ3v) is 6.85. The van der Waals surface area contributed by atoms with E-state index in [0.29, 0.717) is 17.9 Å². The van der Waals surface area contributed by atoms with Gasteiger partial charge in [-0.1, -0.05) is 49.6 Å². The number of hydrogen-bond acceptors (Lipinski definition) is 6. The monoisotopic (exact) mass is 449 g/mol. The lowest BCUT2D eigenvalue weighted by Crippen LogP contribution is -2.52. The fourth-order valence-corrected chi connectivity index (χ4v) is 5.05. The number of carbonyl (C=O) groups is 2. The van der Waals surface area contributed by atoms with E-state index < -0.39 is 11.5 Å². The molecule has 174 valence electrons. The van der Waals surface area contributed by atoms with Crippen LogP contribution in [0.2, 0.25) is 0 Å². The number of esters is 1. The van der Waals surface area contributed by atoms with Crippen LogP contribution in [0.3, 0.4) is 0 Å². The van der Waals surface area contributed by atoms with Crippen LogP contribution >= 0.6 is 0 Å². The first-order valence-electron chi connectivity index (χ1n) is 11.4. The molecule has 2 aliphatic carbocycles. The molecular weight excluding hydrogens is 418 g/mol. The van der Waals surface area contributed by atoms with Crippen LogP contribution in [0.25, 0.3) is 11.1 Å². The molecule has 4 rings (SSSR count). The maximum Gasteiger partial charge on any atom is 0.328 e. The summed E-state index contributed by atoms with van der Waals surface area (Å²) in [6, 6.07) is 13.1. The Morgan fingerprint density at radius 3 is 2.18 bits per heavy atom. The molecule has 33 heavy (non-hydrogen) atoms. The summed E-state index contributed by atoms with van der Waals surface area (Å²) in [5.74, 6) is 1.14. The molecule has 0 amide bonds. The molecule has 1 spiro atoms. The normalized spacial score (nSPS) is 17.5. The second-order valence-electron chi connectivity index (χ2n) is 8.73. The van der Waals surface area contributed by atoms with Gasteiger partial charge in [-0.3, -0.25) is 4.79 Å². The van der Waals surface area contributed by atoms with E-state index in [1.54, 1.807) is 20.3 Å². The second kappa shape index (κ2) is 9.69. The highest BCUT2D eigenvalue weighted by Crippen LogP contribution is 2.48. The number of ether oxygens (including phenoxy) is 3. The molecule has 2 aromatic rings. The minimum Gasteiger partial charge on any atom is -0.496 e. The standard InChI is InChI=1S/C27H31NO5/c1-31-21-15-18(16-22(32-2)25(21)19-10-6-4-7-11-19)14-20(26(30)33-3)28-23-17-24(29)27(23)12-8-5-9-13-27/h4,6-7,10-11,15-17,20,28H,5,8-9,12-14H2,1-3H3/t20-/m0/s1. The Hall–Kier alpha value is -3.28. The van der Waals surface area contributed by atoms with Crippen LogP contribution in [0.4, 0.5) is 0 Å². The molecule has 2 aliphatic rings. The van der Waals surface area contributed by atoms with Crippen LogP contribution in [-0.4, -0.2) is 39.1 Å². The highest BCUT2D eigenvalue weighted by Gasteiger charge is 2.49. The maximum absolute atomic E-state index is 12.7. The van der Waals surface area contributed by atoms with Gasteiger partial charge in [-0.05, 0) is 36.1 Å². The fraction of sp³-hybridized carbons (Fsp3) is 0.407. The first-order valence-corrected chi connectivity index (χ1v) is 11.4. The van der Waals surface area contributed by atoms with Gasteiger partial charge < -0.3 is 19.5 Å². The van der Waals surface area contributed by atoms with Gasteiger partial charge in [0.2, 0.25) is 0 Å². The summed E-state index contributed by atoms with van der Waals surface area (Å²) >= 11 is 0. The summed E-state index contributed by atoms with van der Waals surface area (Å²) < 4.78 is 16.5. The van der Waals surface area contributed by atoms with Gasteiger partial charge in [0.05, 0.1) is 32.3 Å². The number of nitrogens with one attached hydrogen (secondary N) is 1. The third kappa shape index (κ3) is 4.34. The molecule has 2 aromatic carbocycles. The Bertz CT molecular complexity index is 1030. The molecule has 6 heteroatoms. The lowest BCUT2D eigenvalue weighted by Gasteiger charge is -2.44. The van der Waals surface area contributed by atoms with Crippen molar-refractivity contribution in [2.45, 2.75) is 44.6 Å². The van der Waals surface area contributed by atoms with Gasteiger partial charge in [-0.25, -0.2) is 4.79 Å². The van der Waals surface area contributed by atoms with E-state index in [1.807, 2.05) is 42.5 Å². The Morgan fingerprint density at radius 2 is 1.64 bits per heavy atom. The molecule has 0 unspecified atom stereocenters. The zero-order valence-corrected chi connectivity index (χ0v) is 19.5. The van der Waals surface area contributed by atoms with Gasteiger partial charge in [-0.2, -0.15) is 0 Å². The molecule has 0 bridgehead atoms. The lowest BCUT2D eigenvalue weighted by atomic mass is 9.62. The predicted octanol–water partition coefficient (Wildman–Crippen LogP) is 4.46. The first-order chi connectivity index (χ1) is 16.0. The zero-order chi connectivity index (χ0) is 23.4. The van der Waals surface area contributed by atoms with Crippen LogP contribution in [-0.2, 0) is 20.7 Å². The van der Waals surface area contributed by atoms with Crippen molar-refractivity contribution in [3.8, 4) is 22.6 Å². The van der Waals surface area contributed by atoms with E-state index in [0.717, 1.165) is 54.5 Å². The van der Waals surface area contributed by atoms with Gasteiger partial charge in [0.1, 0.15) is 17.5 Å². The van der Waals surface area contributed by atoms with Crippen LogP contribution in [0.5, 0.6) is 11.5 Å². The van der Waals surface area contributed by atoms with Gasteiger partial charge in [0.25, 0.3) is 0 Å². The van der Waals surface area contributed by atoms with Crippen LogP contribution in [0, 0.1) is 5.41 Å². The largest absolute Gasteiger partial charge is 0.496 e. The van der Waals surface area contributed by atoms with E-state index in [2.05, 4.69) is 5.32 Å². The molecule has 1 fully saturated rings. The quantitative estimate of drug-likeness (QED) is 0.600. The molecule has 0 saturated heterocycles. The average Bonchev–Trinajstić information content (AvgIpc) is 2.87. The molecule has 0 aliphatic heterocycles. The SMILES string of the molecule is COC(=O)[C@H](Cc1cc(OC)c(-c2ccccc2)c(OC)c1)NC1=CC(=O)C12CCCCC2. The molecule has 1 N–H and O–H groups in total. The lowest BCUT2D eigenvalue weighted by molar-refractivity contribution is -0.143.